The standard InChI is InChI=1S/C29H31N3O3/c1-32(2)21-12-9-18(10-13-21)29-28-24(30-22-7-5-6-8-23(22)31-29)15-20(16-25(28)33)19-11-14-26(34-3)27(17-19)35-4/h5-14,17,20,29-31H,15-16H2,1-4H3. The third kappa shape index (κ3) is 4.32. The number of Topliss-reactive ketones (excluding diaryl/α,β-unsaturated/α-hetero) is 1. The van der Waals surface area contributed by atoms with E-state index in [1.165, 1.54) is 0 Å². The highest BCUT2D eigenvalue weighted by Gasteiger charge is 2.36. The fraction of sp³-hybridized carbons (Fsp3) is 0.276. The molecule has 0 amide bonds. The number of fused-ring (bicyclic) bond motifs is 1. The average molecular weight is 470 g/mol. The largest absolute Gasteiger partial charge is 0.493 e. The van der Waals surface area contributed by atoms with Gasteiger partial charge < -0.3 is 25.0 Å². The molecule has 2 N–H and O–H groups in total. The van der Waals surface area contributed by atoms with Crippen LogP contribution in [0.4, 0.5) is 17.1 Å². The topological polar surface area (TPSA) is 62.8 Å². The van der Waals surface area contributed by atoms with Crippen LogP contribution in [0.1, 0.15) is 35.9 Å². The van der Waals surface area contributed by atoms with E-state index in [9.17, 15) is 4.79 Å². The van der Waals surface area contributed by atoms with Crippen LogP contribution in [-0.4, -0.2) is 34.1 Å². The number of carbonyl (C=O) groups is 1. The van der Waals surface area contributed by atoms with Gasteiger partial charge in [0, 0.05) is 37.5 Å². The van der Waals surface area contributed by atoms with E-state index < -0.39 is 0 Å². The highest BCUT2D eigenvalue weighted by molar-refractivity contribution is 6.01. The molecule has 1 aliphatic heterocycles. The number of benzene rings is 3. The van der Waals surface area contributed by atoms with Crippen molar-refractivity contribution in [1.29, 1.82) is 0 Å². The minimum atomic E-state index is -0.226. The van der Waals surface area contributed by atoms with Crippen molar-refractivity contribution in [2.45, 2.75) is 24.8 Å². The number of hydrogen-bond acceptors (Lipinski definition) is 6. The molecular formula is C29H31N3O3. The molecule has 180 valence electrons. The molecular weight excluding hydrogens is 438 g/mol. The number of allylic oxidation sites excluding steroid dienone is 1. The van der Waals surface area contributed by atoms with Gasteiger partial charge in [0.25, 0.3) is 0 Å². The van der Waals surface area contributed by atoms with Gasteiger partial charge in [-0.1, -0.05) is 30.3 Å². The summed E-state index contributed by atoms with van der Waals surface area (Å²) in [4.78, 5) is 15.8. The zero-order chi connectivity index (χ0) is 24.5. The second-order valence-electron chi connectivity index (χ2n) is 9.27. The molecule has 2 atom stereocenters. The summed E-state index contributed by atoms with van der Waals surface area (Å²) in [5.74, 6) is 1.57. The molecule has 0 spiro atoms. The molecule has 35 heavy (non-hydrogen) atoms. The Kier molecular flexibility index (Phi) is 6.12. The Morgan fingerprint density at radius 2 is 1.51 bits per heavy atom. The highest BCUT2D eigenvalue weighted by Crippen LogP contribution is 2.45. The van der Waals surface area contributed by atoms with Gasteiger partial charge >= 0.3 is 0 Å². The molecule has 1 heterocycles. The molecule has 3 aromatic carbocycles. The Hall–Kier alpha value is -3.93. The zero-order valence-corrected chi connectivity index (χ0v) is 20.6. The lowest BCUT2D eigenvalue weighted by molar-refractivity contribution is -0.116. The summed E-state index contributed by atoms with van der Waals surface area (Å²) in [5.41, 5.74) is 7.02. The first-order chi connectivity index (χ1) is 17.0. The number of nitrogens with zero attached hydrogens (tertiary/aromatic N) is 1. The van der Waals surface area contributed by atoms with Crippen LogP contribution in [0, 0.1) is 0 Å². The van der Waals surface area contributed by atoms with Crippen molar-refractivity contribution in [3.63, 3.8) is 0 Å². The second kappa shape index (κ2) is 9.37. The molecule has 0 radical (unpaired) electrons. The minimum absolute atomic E-state index is 0.0515. The van der Waals surface area contributed by atoms with E-state index in [1.807, 2.05) is 44.4 Å². The van der Waals surface area contributed by atoms with Crippen molar-refractivity contribution in [3.8, 4) is 11.5 Å². The molecule has 3 aromatic rings. The molecule has 1 aliphatic carbocycles. The maximum Gasteiger partial charge on any atom is 0.163 e. The van der Waals surface area contributed by atoms with Crippen LogP contribution in [0.3, 0.4) is 0 Å². The fourth-order valence-corrected chi connectivity index (χ4v) is 5.05. The van der Waals surface area contributed by atoms with Gasteiger partial charge in [0.05, 0.1) is 31.6 Å². The van der Waals surface area contributed by atoms with Crippen LogP contribution in [0.2, 0.25) is 0 Å². The van der Waals surface area contributed by atoms with Crippen molar-refractivity contribution in [2.24, 2.45) is 0 Å². The maximum atomic E-state index is 13.8. The van der Waals surface area contributed by atoms with Crippen LogP contribution in [0.25, 0.3) is 0 Å². The Morgan fingerprint density at radius 1 is 0.829 bits per heavy atom. The summed E-state index contributed by atoms with van der Waals surface area (Å²) in [6.07, 6.45) is 1.18. The third-order valence-corrected chi connectivity index (χ3v) is 6.93. The number of ether oxygens (including phenoxy) is 2. The van der Waals surface area contributed by atoms with Gasteiger partial charge in [-0.3, -0.25) is 4.79 Å². The van der Waals surface area contributed by atoms with Gasteiger partial charge in [0.2, 0.25) is 0 Å². The Labute approximate surface area is 206 Å². The average Bonchev–Trinajstić information content (AvgIpc) is 3.05. The number of anilines is 3. The fourth-order valence-electron chi connectivity index (χ4n) is 5.05. The van der Waals surface area contributed by atoms with E-state index in [2.05, 4.69) is 51.9 Å². The molecule has 5 rings (SSSR count). The van der Waals surface area contributed by atoms with Crippen LogP contribution in [0.5, 0.6) is 11.5 Å². The van der Waals surface area contributed by atoms with Gasteiger partial charge in [-0.05, 0) is 59.9 Å². The predicted molar refractivity (Wildman–Crippen MR) is 141 cm³/mol. The number of methoxy groups -OCH3 is 2. The number of rotatable bonds is 5. The maximum absolute atomic E-state index is 13.8. The first-order valence-electron chi connectivity index (χ1n) is 11.9. The van der Waals surface area contributed by atoms with Crippen molar-refractivity contribution in [3.05, 3.63) is 89.1 Å². The van der Waals surface area contributed by atoms with E-state index in [1.54, 1.807) is 14.2 Å². The van der Waals surface area contributed by atoms with Crippen molar-refractivity contribution >= 4 is 22.8 Å². The van der Waals surface area contributed by atoms with E-state index in [-0.39, 0.29) is 17.7 Å². The summed E-state index contributed by atoms with van der Waals surface area (Å²) in [5, 5.41) is 7.25. The van der Waals surface area contributed by atoms with Crippen molar-refractivity contribution < 1.29 is 14.3 Å². The smallest absolute Gasteiger partial charge is 0.163 e. The number of hydrogen-bond donors (Lipinski definition) is 2. The molecule has 0 saturated heterocycles. The summed E-state index contributed by atoms with van der Waals surface area (Å²) in [6.45, 7) is 0. The molecule has 6 nitrogen and oxygen atoms in total. The Bertz CT molecular complexity index is 1280. The van der Waals surface area contributed by atoms with Crippen molar-refractivity contribution in [2.75, 3.05) is 43.8 Å². The van der Waals surface area contributed by atoms with Crippen LogP contribution in [0.15, 0.2) is 78.0 Å². The van der Waals surface area contributed by atoms with Gasteiger partial charge in [0.1, 0.15) is 0 Å². The molecule has 0 saturated carbocycles. The normalized spacial score (nSPS) is 19.0. The molecule has 2 aliphatic rings. The summed E-state index contributed by atoms with van der Waals surface area (Å²) >= 11 is 0. The van der Waals surface area contributed by atoms with E-state index in [0.717, 1.165) is 45.9 Å². The second-order valence-corrected chi connectivity index (χ2v) is 9.27. The summed E-state index contributed by atoms with van der Waals surface area (Å²) in [7, 11) is 7.32. The molecule has 2 unspecified atom stereocenters. The van der Waals surface area contributed by atoms with E-state index in [0.29, 0.717) is 17.9 Å². The summed E-state index contributed by atoms with van der Waals surface area (Å²) in [6, 6.07) is 22.3. The SMILES string of the molecule is COc1ccc(C2CC(=O)C3=C(C2)Nc2ccccc2NC3c2ccc(N(C)C)cc2)cc1OC. The number of para-hydroxylation sites is 2. The van der Waals surface area contributed by atoms with Crippen LogP contribution in [-0.2, 0) is 4.79 Å². The van der Waals surface area contributed by atoms with E-state index >= 15 is 0 Å². The van der Waals surface area contributed by atoms with Gasteiger partial charge in [-0.25, -0.2) is 0 Å². The quantitative estimate of drug-likeness (QED) is 0.496. The first-order valence-corrected chi connectivity index (χ1v) is 11.9. The Morgan fingerprint density at radius 3 is 2.20 bits per heavy atom. The van der Waals surface area contributed by atoms with Gasteiger partial charge in [-0.2, -0.15) is 0 Å². The van der Waals surface area contributed by atoms with Crippen LogP contribution >= 0.6 is 0 Å². The number of nitrogens with one attached hydrogen (secondary N) is 2. The van der Waals surface area contributed by atoms with Gasteiger partial charge in [-0.15, -0.1) is 0 Å². The first kappa shape index (κ1) is 22.8. The van der Waals surface area contributed by atoms with E-state index in [4.69, 9.17) is 9.47 Å². The zero-order valence-electron chi connectivity index (χ0n) is 20.6. The minimum Gasteiger partial charge on any atom is -0.493 e. The lowest BCUT2D eigenvalue weighted by Crippen LogP contribution is -2.27. The molecule has 0 bridgehead atoms. The third-order valence-electron chi connectivity index (χ3n) is 6.93. The summed E-state index contributed by atoms with van der Waals surface area (Å²) < 4.78 is 10.9. The van der Waals surface area contributed by atoms with Crippen LogP contribution < -0.4 is 25.0 Å². The lowest BCUT2D eigenvalue weighted by Gasteiger charge is -2.30. The molecule has 6 heteroatoms. The molecule has 0 aromatic heterocycles. The van der Waals surface area contributed by atoms with Gasteiger partial charge in [0.15, 0.2) is 17.3 Å². The monoisotopic (exact) mass is 469 g/mol. The number of carbonyl (C=O) groups excluding carboxylic acids is 1. The lowest BCUT2D eigenvalue weighted by atomic mass is 9.78. The number of ketones is 1. The Balaban J connectivity index is 1.56. The highest BCUT2D eigenvalue weighted by atomic mass is 16.5. The molecule has 0 fully saturated rings. The predicted octanol–water partition coefficient (Wildman–Crippen LogP) is 5.75. The van der Waals surface area contributed by atoms with Crippen molar-refractivity contribution in [1.82, 2.24) is 0 Å².